The van der Waals surface area contributed by atoms with E-state index in [4.69, 9.17) is 10.5 Å². The maximum atomic E-state index is 12.6. The first-order valence-electron chi connectivity index (χ1n) is 16.4. The molecule has 4 aliphatic rings. The number of carbonyl (C=O) groups is 1. The zero-order valence-electron chi connectivity index (χ0n) is 26.9. The Morgan fingerprint density at radius 2 is 2.00 bits per heavy atom. The maximum absolute atomic E-state index is 12.6. The van der Waals surface area contributed by atoms with Gasteiger partial charge in [-0.05, 0) is 71.0 Å². The van der Waals surface area contributed by atoms with Crippen LogP contribution in [0.1, 0.15) is 85.5 Å². The first kappa shape index (κ1) is 33.3. The number of nitrogens with two attached hydrogens (primary N) is 1. The molecule has 11 nitrogen and oxygen atoms in total. The average Bonchev–Trinajstić information content (AvgIpc) is 3.62. The van der Waals surface area contributed by atoms with Gasteiger partial charge in [-0.2, -0.15) is 0 Å². The quantitative estimate of drug-likeness (QED) is 0.178. The lowest BCUT2D eigenvalue weighted by atomic mass is 9.86. The number of nitrogens with zero attached hydrogens (tertiary/aromatic N) is 2. The number of Topliss-reactive ketones (excluding diaryl/α,β-unsaturated/α-hetero) is 1. The van der Waals surface area contributed by atoms with Crippen molar-refractivity contribution in [2.24, 2.45) is 10.7 Å². The standard InChI is InChI=1S/C37H42N4O7/c1-2-4-23(42)15-25(44)16-24(43)8-7-21-14-35(34(47)17-33(21)46)48-36-6-3-5-32(45)27-9-10-28-26(11-12-39-37(28)38)29(27)13-22-18-40-31-20-41(36)19-30(22)31/h9-12,14,17-19,23,25,32,36-37,39,42,44-47H,2,4,6-8,13,15-16,20,38H2,1H3/t23-,25+,32+,36+,37-/m0/s1. The Bertz CT molecular complexity index is 1770. The van der Waals surface area contributed by atoms with E-state index in [0.717, 1.165) is 40.0 Å². The molecule has 0 unspecified atom stereocenters. The van der Waals surface area contributed by atoms with Gasteiger partial charge in [0.1, 0.15) is 23.8 Å². The van der Waals surface area contributed by atoms with Crippen LogP contribution in [-0.4, -0.2) is 66.9 Å². The van der Waals surface area contributed by atoms with Gasteiger partial charge in [0.05, 0.1) is 30.9 Å². The van der Waals surface area contributed by atoms with Gasteiger partial charge in [-0.3, -0.25) is 9.79 Å². The second-order valence-electron chi connectivity index (χ2n) is 12.8. The number of phenolic OH excluding ortho intramolecular Hbond substituents is 2. The van der Waals surface area contributed by atoms with E-state index >= 15 is 0 Å². The van der Waals surface area contributed by atoms with Gasteiger partial charge in [-0.15, -0.1) is 0 Å². The predicted octanol–water partition coefficient (Wildman–Crippen LogP) is 3.36. The molecule has 48 heavy (non-hydrogen) atoms. The third-order valence-electron chi connectivity index (χ3n) is 9.22. The van der Waals surface area contributed by atoms with Crippen LogP contribution in [0.3, 0.4) is 0 Å². The van der Waals surface area contributed by atoms with E-state index < -0.39 is 24.5 Å². The summed E-state index contributed by atoms with van der Waals surface area (Å²) in [6.45, 7) is 2.39. The summed E-state index contributed by atoms with van der Waals surface area (Å²) < 4.78 is 6.33. The molecular formula is C37H42N4O7. The van der Waals surface area contributed by atoms with Crippen molar-refractivity contribution in [3.8, 4) is 29.1 Å². The Morgan fingerprint density at radius 3 is 2.81 bits per heavy atom. The molecule has 0 amide bonds. The highest BCUT2D eigenvalue weighted by Crippen LogP contribution is 2.39. The number of aryl methyl sites for hydroxylation is 1. The largest absolute Gasteiger partial charge is 0.508 e. The lowest BCUT2D eigenvalue weighted by Crippen LogP contribution is -2.35. The lowest BCUT2D eigenvalue weighted by Gasteiger charge is -2.28. The molecule has 4 heterocycles. The van der Waals surface area contributed by atoms with Crippen LogP contribution in [0.25, 0.3) is 6.08 Å². The molecule has 8 N–H and O–H groups in total. The summed E-state index contributed by atoms with van der Waals surface area (Å²) in [5.74, 6) is 5.52. The summed E-state index contributed by atoms with van der Waals surface area (Å²) in [4.78, 5) is 19.2. The normalized spacial score (nSPS) is 22.0. The summed E-state index contributed by atoms with van der Waals surface area (Å²) in [7, 11) is 0. The average molecular weight is 655 g/mol. The van der Waals surface area contributed by atoms with Crippen LogP contribution in [0, 0.1) is 11.8 Å². The summed E-state index contributed by atoms with van der Waals surface area (Å²) >= 11 is 0. The minimum Gasteiger partial charge on any atom is -0.508 e. The van der Waals surface area contributed by atoms with E-state index in [1.54, 1.807) is 0 Å². The third-order valence-corrected chi connectivity index (χ3v) is 9.22. The zero-order chi connectivity index (χ0) is 33.9. The van der Waals surface area contributed by atoms with Gasteiger partial charge in [0.15, 0.2) is 17.7 Å². The molecule has 0 aliphatic carbocycles. The summed E-state index contributed by atoms with van der Waals surface area (Å²) in [5.41, 5.74) is 13.1. The highest BCUT2D eigenvalue weighted by Gasteiger charge is 2.33. The lowest BCUT2D eigenvalue weighted by molar-refractivity contribution is -0.121. The van der Waals surface area contributed by atoms with Crippen molar-refractivity contribution in [3.05, 3.63) is 81.8 Å². The van der Waals surface area contributed by atoms with Gasteiger partial charge in [0, 0.05) is 43.3 Å². The highest BCUT2D eigenvalue weighted by molar-refractivity contribution is 6.09. The number of benzene rings is 2. The molecule has 4 aliphatic heterocycles. The molecule has 2 aromatic carbocycles. The molecular weight excluding hydrogens is 612 g/mol. The van der Waals surface area contributed by atoms with Crippen molar-refractivity contribution in [3.63, 3.8) is 0 Å². The van der Waals surface area contributed by atoms with Crippen LogP contribution < -0.4 is 15.8 Å². The van der Waals surface area contributed by atoms with E-state index in [2.05, 4.69) is 22.2 Å². The molecule has 2 bridgehead atoms. The number of hydrogen-bond donors (Lipinski definition) is 7. The molecule has 5 atom stereocenters. The van der Waals surface area contributed by atoms with Gasteiger partial charge < -0.3 is 46.2 Å². The predicted molar refractivity (Wildman–Crippen MR) is 181 cm³/mol. The number of aliphatic hydroxyl groups is 3. The van der Waals surface area contributed by atoms with Gasteiger partial charge in [-0.1, -0.05) is 37.3 Å². The molecule has 0 saturated carbocycles. The minimum absolute atomic E-state index is 0.0571. The number of ether oxygens (including phenoxy) is 1. The number of allylic oxidation sites excluding steroid dienone is 1. The fraction of sp³-hybridized carbons (Fsp3) is 0.405. The van der Waals surface area contributed by atoms with E-state index in [-0.39, 0.29) is 61.3 Å². The van der Waals surface area contributed by atoms with Crippen LogP contribution >= 0.6 is 0 Å². The van der Waals surface area contributed by atoms with Crippen molar-refractivity contribution in [1.29, 1.82) is 0 Å². The SMILES string of the molecule is CCC[C@H](O)C[C@@H](O)CC(=O)CCc1cc(O[C@@H]2CC#C[C@@H](O)c3ccc4c(c3CC3=CN=C5CN2C=C35)C=CN[C@@H]4N)c(O)cc1O. The monoisotopic (exact) mass is 654 g/mol. The Morgan fingerprint density at radius 1 is 1.19 bits per heavy atom. The molecule has 0 radical (unpaired) electrons. The second-order valence-corrected chi connectivity index (χ2v) is 12.8. The Balaban J connectivity index is 1.22. The summed E-state index contributed by atoms with van der Waals surface area (Å²) in [5, 5.41) is 55.8. The Hall–Kier alpha value is -4.60. The topological polar surface area (TPSA) is 181 Å². The van der Waals surface area contributed by atoms with E-state index in [0.29, 0.717) is 30.5 Å². The van der Waals surface area contributed by atoms with E-state index in [1.165, 1.54) is 12.1 Å². The van der Waals surface area contributed by atoms with Crippen LogP contribution in [0.15, 0.2) is 59.0 Å². The molecule has 0 spiro atoms. The molecule has 0 aromatic heterocycles. The fourth-order valence-corrected chi connectivity index (χ4v) is 6.69. The summed E-state index contributed by atoms with van der Waals surface area (Å²) in [6.07, 6.45) is 6.26. The molecule has 2 aromatic rings. The number of rotatable bonds is 11. The van der Waals surface area contributed by atoms with Crippen molar-refractivity contribution < 1.29 is 35.1 Å². The Kier molecular flexibility index (Phi) is 9.89. The molecule has 252 valence electrons. The fourth-order valence-electron chi connectivity index (χ4n) is 6.69. The van der Waals surface area contributed by atoms with Gasteiger partial charge in [0.25, 0.3) is 0 Å². The van der Waals surface area contributed by atoms with Crippen LogP contribution in [0.4, 0.5) is 0 Å². The highest BCUT2D eigenvalue weighted by atomic mass is 16.5. The molecule has 11 heteroatoms. The number of aliphatic imine (C=N–C) groups is 1. The number of carbonyl (C=O) groups excluding carboxylic acids is 1. The van der Waals surface area contributed by atoms with Crippen molar-refractivity contribution in [1.82, 2.24) is 10.2 Å². The molecule has 0 fully saturated rings. The first-order chi connectivity index (χ1) is 23.1. The Labute approximate surface area is 279 Å². The van der Waals surface area contributed by atoms with Crippen LogP contribution in [0.2, 0.25) is 0 Å². The number of fused-ring (bicyclic) bond motifs is 4. The van der Waals surface area contributed by atoms with Gasteiger partial charge in [0.2, 0.25) is 0 Å². The van der Waals surface area contributed by atoms with Gasteiger partial charge >= 0.3 is 0 Å². The van der Waals surface area contributed by atoms with Crippen molar-refractivity contribution in [2.45, 2.75) is 89.0 Å². The van der Waals surface area contributed by atoms with Gasteiger partial charge in [-0.25, -0.2) is 0 Å². The van der Waals surface area contributed by atoms with Crippen LogP contribution in [0.5, 0.6) is 17.2 Å². The zero-order valence-corrected chi connectivity index (χ0v) is 26.9. The number of hydrogen-bond acceptors (Lipinski definition) is 11. The smallest absolute Gasteiger partial charge is 0.183 e. The number of nitrogens with one attached hydrogen (secondary N) is 1. The van der Waals surface area contributed by atoms with E-state index in [1.807, 2.05) is 48.6 Å². The molecule has 0 saturated heterocycles. The number of aromatic hydroxyl groups is 2. The first-order valence-corrected chi connectivity index (χ1v) is 16.4. The number of aliphatic hydroxyl groups excluding tert-OH is 3. The number of ketones is 1. The van der Waals surface area contributed by atoms with Crippen molar-refractivity contribution >= 4 is 17.6 Å². The van der Waals surface area contributed by atoms with Crippen molar-refractivity contribution in [2.75, 3.05) is 6.54 Å². The second kappa shape index (κ2) is 14.3. The third kappa shape index (κ3) is 7.12. The minimum atomic E-state index is -1.06. The van der Waals surface area contributed by atoms with E-state index in [9.17, 15) is 30.3 Å². The number of phenols is 2. The summed E-state index contributed by atoms with van der Waals surface area (Å²) in [6, 6.07) is 6.49. The van der Waals surface area contributed by atoms with Crippen LogP contribution in [-0.2, 0) is 17.6 Å². The molecule has 6 rings (SSSR count). The maximum Gasteiger partial charge on any atom is 0.183 e.